The van der Waals surface area contributed by atoms with Crippen LogP contribution in [0.1, 0.15) is 19.4 Å². The maximum Gasteiger partial charge on any atom is 0.280 e. The molecular weight excluding hydrogens is 269 g/mol. The Morgan fingerprint density at radius 2 is 2.40 bits per heavy atom. The third kappa shape index (κ3) is 1.44. The van der Waals surface area contributed by atoms with E-state index in [1.165, 1.54) is 17.8 Å². The number of rotatable bonds is 2. The molecule has 2 aromatic rings. The third-order valence-corrected chi connectivity index (χ3v) is 4.11. The first-order valence-electron chi connectivity index (χ1n) is 6.04. The molecule has 0 spiro atoms. The monoisotopic (exact) mass is 283 g/mol. The van der Waals surface area contributed by atoms with Crippen LogP contribution in [0, 0.1) is 0 Å². The molecule has 8 nitrogen and oxygen atoms in total. The lowest BCUT2D eigenvalue weighted by molar-refractivity contribution is -0.221. The number of nitrogen functional groups attached to an aromatic ring is 1. The summed E-state index contributed by atoms with van der Waals surface area (Å²) in [5.74, 6) is -0.0958. The van der Waals surface area contributed by atoms with E-state index >= 15 is 0 Å². The van der Waals surface area contributed by atoms with Gasteiger partial charge in [-0.15, -0.1) is 0 Å². The molecule has 0 saturated heterocycles. The number of aliphatic hydroxyl groups excluding tert-OH is 1. The number of anilines is 1. The van der Waals surface area contributed by atoms with E-state index in [1.54, 1.807) is 0 Å². The lowest BCUT2D eigenvalue weighted by Gasteiger charge is -2.54. The van der Waals surface area contributed by atoms with Crippen LogP contribution in [-0.4, -0.2) is 47.6 Å². The van der Waals surface area contributed by atoms with Gasteiger partial charge in [0.25, 0.3) is 5.56 Å². The first kappa shape index (κ1) is 13.0. The van der Waals surface area contributed by atoms with Crippen molar-refractivity contribution < 1.29 is 14.6 Å². The van der Waals surface area contributed by atoms with E-state index < -0.39 is 29.5 Å². The van der Waals surface area contributed by atoms with Crippen LogP contribution in [-0.2, 0) is 0 Å². The topological polar surface area (TPSA) is 130 Å². The van der Waals surface area contributed by atoms with Crippen molar-refractivity contribution in [2.24, 2.45) is 0 Å². The van der Waals surface area contributed by atoms with Gasteiger partial charge >= 0.3 is 0 Å². The van der Waals surface area contributed by atoms with Crippen LogP contribution in [0.15, 0.2) is 11.1 Å². The summed E-state index contributed by atoms with van der Waals surface area (Å²) in [5, 5.41) is 19.0. The summed E-state index contributed by atoms with van der Waals surface area (Å²) in [6.07, 6.45) is 1.28. The van der Waals surface area contributed by atoms with E-state index in [-0.39, 0.29) is 23.5 Å². The molecule has 3 atom stereocenters. The van der Waals surface area contributed by atoms with Crippen LogP contribution in [0.3, 0.4) is 0 Å². The van der Waals surface area contributed by atoms with Crippen LogP contribution >= 0.6 is 0 Å². The average molecular weight is 283 g/mol. The van der Waals surface area contributed by atoms with Crippen LogP contribution in [0.2, 0.25) is 0 Å². The van der Waals surface area contributed by atoms with Crippen molar-refractivity contribution in [2.45, 2.75) is 30.7 Å². The molecule has 5 N–H and O–H groups in total. The smallest absolute Gasteiger partial charge is 0.280 e. The van der Waals surface area contributed by atoms with Crippen LogP contribution in [0.4, 0.5) is 10.3 Å². The highest BCUT2D eigenvalue weighted by Crippen LogP contribution is 2.53. The minimum absolute atomic E-state index is 0.00363. The average Bonchev–Trinajstić information content (AvgIpc) is 2.78. The molecule has 3 rings (SSSR count). The summed E-state index contributed by atoms with van der Waals surface area (Å²) in [4.78, 5) is 21.8. The first-order valence-corrected chi connectivity index (χ1v) is 6.04. The second-order valence-electron chi connectivity index (χ2n) is 5.26. The quantitative estimate of drug-likeness (QED) is 0.565. The highest BCUT2D eigenvalue weighted by Gasteiger charge is 2.64. The van der Waals surface area contributed by atoms with Gasteiger partial charge in [-0.25, -0.2) is 9.37 Å². The van der Waals surface area contributed by atoms with Gasteiger partial charge in [-0.05, 0) is 6.92 Å². The predicted molar refractivity (Wildman–Crippen MR) is 67.8 cm³/mol. The zero-order valence-electron chi connectivity index (χ0n) is 10.7. The Balaban J connectivity index is 2.12. The van der Waals surface area contributed by atoms with E-state index in [4.69, 9.17) is 10.8 Å². The first-order chi connectivity index (χ1) is 9.30. The van der Waals surface area contributed by atoms with Crippen molar-refractivity contribution in [3.63, 3.8) is 0 Å². The summed E-state index contributed by atoms with van der Waals surface area (Å²) in [6.45, 7) is 0.513. The number of imidazole rings is 1. The fraction of sp³-hybridized carbons (Fsp3) is 0.545. The van der Waals surface area contributed by atoms with E-state index in [1.807, 2.05) is 0 Å². The van der Waals surface area contributed by atoms with Gasteiger partial charge in [-0.2, -0.15) is 4.98 Å². The highest BCUT2D eigenvalue weighted by atomic mass is 19.1. The molecule has 2 aromatic heterocycles. The number of fused-ring (bicyclic) bond motifs is 1. The van der Waals surface area contributed by atoms with E-state index in [0.29, 0.717) is 0 Å². The van der Waals surface area contributed by atoms with Crippen LogP contribution < -0.4 is 11.3 Å². The molecule has 20 heavy (non-hydrogen) atoms. The van der Waals surface area contributed by atoms with E-state index in [2.05, 4.69) is 15.0 Å². The molecule has 0 amide bonds. The number of hydrogen-bond donors (Lipinski definition) is 4. The molecule has 2 heterocycles. The summed E-state index contributed by atoms with van der Waals surface area (Å²) < 4.78 is 16.0. The zero-order chi connectivity index (χ0) is 14.7. The number of hydrogen-bond acceptors (Lipinski definition) is 6. The summed E-state index contributed by atoms with van der Waals surface area (Å²) in [6, 6.07) is -0.779. The Bertz CT molecular complexity index is 739. The Morgan fingerprint density at radius 3 is 3.00 bits per heavy atom. The minimum atomic E-state index is -2.06. The van der Waals surface area contributed by atoms with Gasteiger partial charge in [-0.1, -0.05) is 0 Å². The molecule has 1 aliphatic rings. The lowest BCUT2D eigenvalue weighted by atomic mass is 9.64. The molecule has 1 aliphatic carbocycles. The summed E-state index contributed by atoms with van der Waals surface area (Å²) in [5.41, 5.74) is 1.30. The number of aromatic amines is 1. The fourth-order valence-electron chi connectivity index (χ4n) is 2.64. The maximum atomic E-state index is 14.6. The SMILES string of the molecule is C[C@]1(F)[C@H](n2cnc3c(=O)[nH]c(N)nc32)C[C@]1(O)CO. The number of aliphatic hydroxyl groups is 2. The van der Waals surface area contributed by atoms with Crippen LogP contribution in [0.5, 0.6) is 0 Å². The Kier molecular flexibility index (Phi) is 2.45. The maximum absolute atomic E-state index is 14.6. The van der Waals surface area contributed by atoms with Crippen molar-refractivity contribution >= 4 is 17.1 Å². The molecule has 0 aliphatic heterocycles. The largest absolute Gasteiger partial charge is 0.393 e. The molecule has 0 radical (unpaired) electrons. The number of alkyl halides is 1. The van der Waals surface area contributed by atoms with Crippen molar-refractivity contribution in [1.29, 1.82) is 0 Å². The van der Waals surface area contributed by atoms with Crippen molar-refractivity contribution in [2.75, 3.05) is 12.3 Å². The van der Waals surface area contributed by atoms with Gasteiger partial charge in [0.05, 0.1) is 19.0 Å². The van der Waals surface area contributed by atoms with Gasteiger partial charge in [0.1, 0.15) is 5.60 Å². The van der Waals surface area contributed by atoms with Gasteiger partial charge in [-0.3, -0.25) is 9.78 Å². The number of H-pyrrole nitrogens is 1. The number of nitrogens with zero attached hydrogens (tertiary/aromatic N) is 3. The Hall–Kier alpha value is -2.00. The summed E-state index contributed by atoms with van der Waals surface area (Å²) in [7, 11) is 0. The second kappa shape index (κ2) is 3.76. The van der Waals surface area contributed by atoms with Crippen molar-refractivity contribution in [3.8, 4) is 0 Å². The normalized spacial score (nSPS) is 33.3. The molecule has 9 heteroatoms. The van der Waals surface area contributed by atoms with Crippen molar-refractivity contribution in [1.82, 2.24) is 19.5 Å². The molecule has 1 fully saturated rings. The minimum Gasteiger partial charge on any atom is -0.393 e. The number of aromatic nitrogens is 4. The molecule has 0 bridgehead atoms. The number of halogens is 1. The molecule has 108 valence electrons. The van der Waals surface area contributed by atoms with E-state index in [9.17, 15) is 14.3 Å². The van der Waals surface area contributed by atoms with Crippen LogP contribution in [0.25, 0.3) is 11.2 Å². The molecule has 0 unspecified atom stereocenters. The number of nitrogens with one attached hydrogen (secondary N) is 1. The zero-order valence-corrected chi connectivity index (χ0v) is 10.7. The Morgan fingerprint density at radius 1 is 1.70 bits per heavy atom. The van der Waals surface area contributed by atoms with Gasteiger partial charge in [0.15, 0.2) is 16.8 Å². The molecular formula is C11H14FN5O3. The van der Waals surface area contributed by atoms with E-state index in [0.717, 1.165) is 0 Å². The predicted octanol–water partition coefficient (Wildman–Crippen LogP) is -0.902. The molecule has 1 saturated carbocycles. The number of nitrogens with two attached hydrogens (primary N) is 1. The lowest BCUT2D eigenvalue weighted by Crippen LogP contribution is -2.67. The van der Waals surface area contributed by atoms with Gasteiger partial charge in [0, 0.05) is 6.42 Å². The van der Waals surface area contributed by atoms with Crippen molar-refractivity contribution in [3.05, 3.63) is 16.7 Å². The third-order valence-electron chi connectivity index (χ3n) is 4.11. The van der Waals surface area contributed by atoms with Gasteiger partial charge in [0.2, 0.25) is 5.95 Å². The van der Waals surface area contributed by atoms with Gasteiger partial charge < -0.3 is 20.5 Å². The standard InChI is InChI=1S/C11H14FN5O3/c1-10(12)5(2-11(10,20)3-18)17-4-14-6-7(17)15-9(13)16-8(6)19/h4-5,18,20H,2-3H2,1H3,(H3,13,15,16,19)/t5-,10+,11+/m1/s1. The summed E-state index contributed by atoms with van der Waals surface area (Å²) >= 11 is 0. The Labute approximate surface area is 112 Å². The highest BCUT2D eigenvalue weighted by molar-refractivity contribution is 5.70. The fourth-order valence-corrected chi connectivity index (χ4v) is 2.64. The second-order valence-corrected chi connectivity index (χ2v) is 5.26. The molecule has 0 aromatic carbocycles.